The molecule has 3 heteroatoms. The molecule has 2 rings (SSSR count). The summed E-state index contributed by atoms with van der Waals surface area (Å²) in [5.41, 5.74) is 1.57. The number of methoxy groups -OCH3 is 1. The predicted molar refractivity (Wildman–Crippen MR) is 74.4 cm³/mol. The van der Waals surface area contributed by atoms with Crippen molar-refractivity contribution in [1.82, 2.24) is 4.90 Å². The molecule has 0 bridgehead atoms. The normalized spacial score (nSPS) is 19.5. The van der Waals surface area contributed by atoms with E-state index in [4.69, 9.17) is 4.74 Å². The van der Waals surface area contributed by atoms with Crippen LogP contribution in [0.25, 0.3) is 0 Å². The van der Waals surface area contributed by atoms with Crippen LogP contribution in [-0.2, 0) is 6.54 Å². The van der Waals surface area contributed by atoms with Crippen LogP contribution in [0.2, 0.25) is 0 Å². The van der Waals surface area contributed by atoms with Gasteiger partial charge in [-0.3, -0.25) is 4.90 Å². The van der Waals surface area contributed by atoms with Crippen molar-refractivity contribution in [2.75, 3.05) is 13.7 Å². The van der Waals surface area contributed by atoms with Gasteiger partial charge in [-0.05, 0) is 51.4 Å². The summed E-state index contributed by atoms with van der Waals surface area (Å²) in [6.45, 7) is 6.80. The maximum Gasteiger partial charge on any atom is 0.123 e. The lowest BCUT2D eigenvalue weighted by Crippen LogP contribution is -2.37. The van der Waals surface area contributed by atoms with E-state index >= 15 is 0 Å². The van der Waals surface area contributed by atoms with Gasteiger partial charge in [0.15, 0.2) is 0 Å². The largest absolute Gasteiger partial charge is 0.496 e. The smallest absolute Gasteiger partial charge is 0.123 e. The van der Waals surface area contributed by atoms with Gasteiger partial charge in [0.05, 0.1) is 7.11 Å². The van der Waals surface area contributed by atoms with E-state index in [-0.39, 0.29) is 0 Å². The van der Waals surface area contributed by atoms with Crippen molar-refractivity contribution in [3.63, 3.8) is 0 Å². The lowest BCUT2D eigenvalue weighted by molar-refractivity contribution is 0.165. The maximum absolute atomic E-state index is 5.43. The molecule has 1 heterocycles. The van der Waals surface area contributed by atoms with Gasteiger partial charge in [0.1, 0.15) is 5.75 Å². The molecule has 0 saturated carbocycles. The first kappa shape index (κ1) is 12.9. The minimum atomic E-state index is 0.313. The molecule has 0 amide bonds. The van der Waals surface area contributed by atoms with Gasteiger partial charge in [-0.25, -0.2) is 0 Å². The van der Waals surface area contributed by atoms with E-state index in [9.17, 15) is 0 Å². The van der Waals surface area contributed by atoms with Crippen molar-refractivity contribution >= 4 is 15.9 Å². The number of likely N-dealkylation sites (tertiary alicyclic amines) is 1. The van der Waals surface area contributed by atoms with Gasteiger partial charge >= 0.3 is 0 Å². The summed E-state index contributed by atoms with van der Waals surface area (Å²) in [5, 5.41) is 0. The molecule has 0 atom stereocenters. The van der Waals surface area contributed by atoms with Gasteiger partial charge < -0.3 is 4.74 Å². The minimum absolute atomic E-state index is 0.313. The summed E-state index contributed by atoms with van der Waals surface area (Å²) in [6, 6.07) is 6.22. The molecule has 17 heavy (non-hydrogen) atoms. The Kier molecular flexibility index (Phi) is 3.79. The monoisotopic (exact) mass is 297 g/mol. The molecule has 1 fully saturated rings. The highest BCUT2D eigenvalue weighted by atomic mass is 79.9. The van der Waals surface area contributed by atoms with Crippen LogP contribution in [0.4, 0.5) is 0 Å². The van der Waals surface area contributed by atoms with Crippen LogP contribution < -0.4 is 4.74 Å². The van der Waals surface area contributed by atoms with E-state index in [1.165, 1.54) is 24.9 Å². The zero-order valence-electron chi connectivity index (χ0n) is 10.8. The van der Waals surface area contributed by atoms with Crippen LogP contribution in [0.1, 0.15) is 32.3 Å². The Bertz CT molecular complexity index is 403. The quantitative estimate of drug-likeness (QED) is 0.841. The Morgan fingerprint density at radius 1 is 1.41 bits per heavy atom. The molecule has 1 saturated heterocycles. The van der Waals surface area contributed by atoms with Gasteiger partial charge in [0.25, 0.3) is 0 Å². The number of ether oxygens (including phenoxy) is 1. The summed E-state index contributed by atoms with van der Waals surface area (Å²) in [4.78, 5) is 2.54. The fraction of sp³-hybridized carbons (Fsp3) is 0.571. The average molecular weight is 298 g/mol. The summed E-state index contributed by atoms with van der Waals surface area (Å²) in [7, 11) is 1.74. The van der Waals surface area contributed by atoms with E-state index in [2.05, 4.69) is 40.7 Å². The van der Waals surface area contributed by atoms with Crippen molar-refractivity contribution in [2.45, 2.75) is 38.8 Å². The van der Waals surface area contributed by atoms with E-state index in [0.717, 1.165) is 16.8 Å². The third-order valence-corrected chi connectivity index (χ3v) is 4.17. The third kappa shape index (κ3) is 2.83. The average Bonchev–Trinajstić information content (AvgIpc) is 2.59. The van der Waals surface area contributed by atoms with Gasteiger partial charge in [-0.1, -0.05) is 15.9 Å². The Morgan fingerprint density at radius 3 is 2.76 bits per heavy atom. The topological polar surface area (TPSA) is 12.5 Å². The van der Waals surface area contributed by atoms with E-state index in [1.807, 2.05) is 12.1 Å². The highest BCUT2D eigenvalue weighted by molar-refractivity contribution is 9.10. The lowest BCUT2D eigenvalue weighted by Gasteiger charge is -2.32. The Morgan fingerprint density at radius 2 is 2.18 bits per heavy atom. The standard InChI is InChI=1S/C14H20BrNO/c1-14(2)7-4-8-16(14)10-11-9-12(15)5-6-13(11)17-3/h5-6,9H,4,7-8,10H2,1-3H3. The molecular formula is C14H20BrNO. The third-order valence-electron chi connectivity index (χ3n) is 3.68. The molecular weight excluding hydrogens is 278 g/mol. The van der Waals surface area contributed by atoms with Crippen LogP contribution in [0.3, 0.4) is 0 Å². The first-order chi connectivity index (χ1) is 8.03. The molecule has 1 aliphatic rings. The molecule has 2 nitrogen and oxygen atoms in total. The van der Waals surface area contributed by atoms with Crippen molar-refractivity contribution in [3.05, 3.63) is 28.2 Å². The van der Waals surface area contributed by atoms with Crippen molar-refractivity contribution in [1.29, 1.82) is 0 Å². The number of halogens is 1. The molecule has 0 radical (unpaired) electrons. The summed E-state index contributed by atoms with van der Waals surface area (Å²) < 4.78 is 6.55. The SMILES string of the molecule is COc1ccc(Br)cc1CN1CCCC1(C)C. The second-order valence-corrected chi connectivity index (χ2v) is 6.21. The second kappa shape index (κ2) is 4.99. The molecule has 0 aliphatic carbocycles. The van der Waals surface area contributed by atoms with Crippen LogP contribution in [0.5, 0.6) is 5.75 Å². The van der Waals surface area contributed by atoms with E-state index in [1.54, 1.807) is 7.11 Å². The van der Waals surface area contributed by atoms with Gasteiger partial charge in [-0.2, -0.15) is 0 Å². The Balaban J connectivity index is 2.20. The summed E-state index contributed by atoms with van der Waals surface area (Å²) in [6.07, 6.45) is 2.58. The highest BCUT2D eigenvalue weighted by Crippen LogP contribution is 2.32. The number of hydrogen-bond acceptors (Lipinski definition) is 2. The first-order valence-electron chi connectivity index (χ1n) is 6.10. The van der Waals surface area contributed by atoms with Crippen LogP contribution in [0.15, 0.2) is 22.7 Å². The van der Waals surface area contributed by atoms with Crippen LogP contribution in [0, 0.1) is 0 Å². The number of hydrogen-bond donors (Lipinski definition) is 0. The van der Waals surface area contributed by atoms with Crippen molar-refractivity contribution < 1.29 is 4.74 Å². The number of nitrogens with zero attached hydrogens (tertiary/aromatic N) is 1. The molecule has 1 aliphatic heterocycles. The molecule has 0 N–H and O–H groups in total. The fourth-order valence-corrected chi connectivity index (χ4v) is 2.94. The molecule has 1 aromatic carbocycles. The predicted octanol–water partition coefficient (Wildman–Crippen LogP) is 3.83. The number of benzene rings is 1. The zero-order valence-corrected chi connectivity index (χ0v) is 12.4. The Hall–Kier alpha value is -0.540. The molecule has 94 valence electrons. The van der Waals surface area contributed by atoms with Crippen LogP contribution in [-0.4, -0.2) is 24.1 Å². The molecule has 1 aromatic rings. The van der Waals surface area contributed by atoms with Gasteiger partial charge in [0, 0.05) is 22.1 Å². The summed E-state index contributed by atoms with van der Waals surface area (Å²) >= 11 is 3.53. The molecule has 0 spiro atoms. The van der Waals surface area contributed by atoms with Crippen molar-refractivity contribution in [3.8, 4) is 5.75 Å². The number of rotatable bonds is 3. The van der Waals surface area contributed by atoms with Gasteiger partial charge in [-0.15, -0.1) is 0 Å². The Labute approximate surface area is 112 Å². The van der Waals surface area contributed by atoms with Gasteiger partial charge in [0.2, 0.25) is 0 Å². The highest BCUT2D eigenvalue weighted by Gasteiger charge is 2.32. The minimum Gasteiger partial charge on any atom is -0.496 e. The van der Waals surface area contributed by atoms with Crippen molar-refractivity contribution in [2.24, 2.45) is 0 Å². The van der Waals surface area contributed by atoms with E-state index < -0.39 is 0 Å². The fourth-order valence-electron chi connectivity index (χ4n) is 2.53. The van der Waals surface area contributed by atoms with E-state index in [0.29, 0.717) is 5.54 Å². The molecule has 0 aromatic heterocycles. The second-order valence-electron chi connectivity index (χ2n) is 5.29. The lowest BCUT2D eigenvalue weighted by atomic mass is 10.0. The molecule has 0 unspecified atom stereocenters. The van der Waals surface area contributed by atoms with Crippen LogP contribution >= 0.6 is 15.9 Å². The first-order valence-corrected chi connectivity index (χ1v) is 6.90. The summed E-state index contributed by atoms with van der Waals surface area (Å²) in [5.74, 6) is 0.982. The maximum atomic E-state index is 5.43. The zero-order chi connectivity index (χ0) is 12.5.